The maximum Gasteiger partial charge on any atom is 0.226 e. The van der Waals surface area contributed by atoms with E-state index in [0.29, 0.717) is 0 Å². The van der Waals surface area contributed by atoms with Gasteiger partial charge in [0.2, 0.25) is 6.61 Å². The van der Waals surface area contributed by atoms with Gasteiger partial charge in [0.05, 0.1) is 6.61 Å². The Labute approximate surface area is 39.3 Å². The van der Waals surface area contributed by atoms with Gasteiger partial charge in [-0.1, -0.05) is 0 Å². The second-order valence-corrected chi connectivity index (χ2v) is 1.03. The van der Waals surface area contributed by atoms with Crippen LogP contribution in [0.5, 0.6) is 0 Å². The van der Waals surface area contributed by atoms with Crippen molar-refractivity contribution in [1.29, 1.82) is 0 Å². The first-order valence-corrected chi connectivity index (χ1v) is 2.35. The van der Waals surface area contributed by atoms with Crippen LogP contribution >= 0.6 is 0 Å². The quantitative estimate of drug-likeness (QED) is 0.375. The standard InChI is InChI=1S/C5H11O/c1-3-5-6-4-2/h5H,3-4H2,1-2H3/q+1. The molecule has 0 aromatic rings. The summed E-state index contributed by atoms with van der Waals surface area (Å²) >= 11 is 0. The zero-order valence-corrected chi connectivity index (χ0v) is 4.40. The van der Waals surface area contributed by atoms with E-state index in [1.54, 1.807) is 6.61 Å². The van der Waals surface area contributed by atoms with Crippen LogP contribution in [-0.2, 0) is 4.74 Å². The molecule has 0 N–H and O–H groups in total. The normalized spacial score (nSPS) is 8.33. The molecule has 0 aromatic heterocycles. The van der Waals surface area contributed by atoms with E-state index in [0.717, 1.165) is 13.0 Å². The van der Waals surface area contributed by atoms with E-state index in [2.05, 4.69) is 6.92 Å². The second kappa shape index (κ2) is 4.83. The van der Waals surface area contributed by atoms with Crippen LogP contribution in [0.25, 0.3) is 0 Å². The van der Waals surface area contributed by atoms with Crippen LogP contribution in [-0.4, -0.2) is 6.61 Å². The van der Waals surface area contributed by atoms with Crippen LogP contribution in [0.1, 0.15) is 20.3 Å². The molecule has 0 spiro atoms. The maximum absolute atomic E-state index is 4.86. The Morgan fingerprint density at radius 3 is 2.33 bits per heavy atom. The molecule has 6 heavy (non-hydrogen) atoms. The molecule has 0 aliphatic carbocycles. The Morgan fingerprint density at radius 1 is 1.50 bits per heavy atom. The Balaban J connectivity index is 2.34. The highest BCUT2D eigenvalue weighted by Gasteiger charge is 1.86. The van der Waals surface area contributed by atoms with Crippen molar-refractivity contribution in [2.45, 2.75) is 20.3 Å². The summed E-state index contributed by atoms with van der Waals surface area (Å²) in [7, 11) is 0. The minimum absolute atomic E-state index is 0.799. The Kier molecular flexibility index (Phi) is 4.69. The van der Waals surface area contributed by atoms with Crippen molar-refractivity contribution in [2.24, 2.45) is 0 Å². The molecule has 0 aliphatic rings. The molecule has 0 saturated heterocycles. The lowest BCUT2D eigenvalue weighted by molar-refractivity contribution is 0.210. The average Bonchev–Trinajstić information content (AvgIpc) is 1.61. The fraction of sp³-hybridized carbons (Fsp3) is 0.800. The van der Waals surface area contributed by atoms with E-state index >= 15 is 0 Å². The summed E-state index contributed by atoms with van der Waals surface area (Å²) in [6, 6.07) is 0. The first-order chi connectivity index (χ1) is 2.91. The van der Waals surface area contributed by atoms with E-state index in [1.807, 2.05) is 6.92 Å². The third-order valence-electron chi connectivity index (χ3n) is 0.451. The molecule has 0 unspecified atom stereocenters. The van der Waals surface area contributed by atoms with Gasteiger partial charge < -0.3 is 0 Å². The predicted octanol–water partition coefficient (Wildman–Crippen LogP) is 1.59. The summed E-state index contributed by atoms with van der Waals surface area (Å²) in [4.78, 5) is 0. The lowest BCUT2D eigenvalue weighted by atomic mass is 10.5. The second-order valence-electron chi connectivity index (χ2n) is 1.03. The number of hydrogen-bond donors (Lipinski definition) is 0. The molecule has 0 aromatic carbocycles. The van der Waals surface area contributed by atoms with Crippen LogP contribution in [0, 0.1) is 6.61 Å². The van der Waals surface area contributed by atoms with Crippen molar-refractivity contribution >= 4 is 0 Å². The fourth-order valence-corrected chi connectivity index (χ4v) is 0.236. The lowest BCUT2D eigenvalue weighted by Gasteiger charge is -1.77. The zero-order chi connectivity index (χ0) is 4.83. The third-order valence-corrected chi connectivity index (χ3v) is 0.451. The van der Waals surface area contributed by atoms with Gasteiger partial charge in [0, 0.05) is 0 Å². The highest BCUT2D eigenvalue weighted by atomic mass is 16.5. The fourth-order valence-electron chi connectivity index (χ4n) is 0.236. The van der Waals surface area contributed by atoms with Gasteiger partial charge in [0.25, 0.3) is 0 Å². The van der Waals surface area contributed by atoms with Crippen molar-refractivity contribution in [2.75, 3.05) is 6.61 Å². The SMILES string of the molecule is CC[CH+]OCC. The molecule has 0 heterocycles. The van der Waals surface area contributed by atoms with Crippen LogP contribution in [0.4, 0.5) is 0 Å². The molecular weight excluding hydrogens is 76.1 g/mol. The molecule has 1 heteroatoms. The van der Waals surface area contributed by atoms with E-state index < -0.39 is 0 Å². The van der Waals surface area contributed by atoms with Gasteiger partial charge in [-0.3, -0.25) is 0 Å². The molecular formula is C5H11O+. The Morgan fingerprint density at radius 2 is 2.17 bits per heavy atom. The van der Waals surface area contributed by atoms with Crippen molar-refractivity contribution in [3.63, 3.8) is 0 Å². The van der Waals surface area contributed by atoms with Crippen molar-refractivity contribution in [3.05, 3.63) is 6.61 Å². The predicted molar refractivity (Wildman–Crippen MR) is 26.2 cm³/mol. The van der Waals surface area contributed by atoms with Crippen molar-refractivity contribution in [1.82, 2.24) is 0 Å². The molecule has 0 bridgehead atoms. The van der Waals surface area contributed by atoms with E-state index in [9.17, 15) is 0 Å². The summed E-state index contributed by atoms with van der Waals surface area (Å²) in [6.45, 7) is 6.63. The largest absolute Gasteiger partial charge is 0.226 e. The summed E-state index contributed by atoms with van der Waals surface area (Å²) in [5.41, 5.74) is 0. The van der Waals surface area contributed by atoms with Gasteiger partial charge in [0.1, 0.15) is 6.42 Å². The topological polar surface area (TPSA) is 9.23 Å². The highest BCUT2D eigenvalue weighted by Crippen LogP contribution is 1.83. The smallest absolute Gasteiger partial charge is 0.197 e. The zero-order valence-electron chi connectivity index (χ0n) is 4.40. The summed E-state index contributed by atoms with van der Waals surface area (Å²) in [5, 5.41) is 0. The third kappa shape index (κ3) is 3.83. The maximum atomic E-state index is 4.86. The van der Waals surface area contributed by atoms with Gasteiger partial charge in [0.15, 0.2) is 0 Å². The molecule has 0 fully saturated rings. The summed E-state index contributed by atoms with van der Waals surface area (Å²) in [5.74, 6) is 0. The Hall–Kier alpha value is -0.170. The lowest BCUT2D eigenvalue weighted by Crippen LogP contribution is -1.81. The number of hydrogen-bond acceptors (Lipinski definition) is 1. The first kappa shape index (κ1) is 5.83. The molecule has 0 rings (SSSR count). The molecule has 0 radical (unpaired) electrons. The number of rotatable bonds is 3. The molecule has 0 saturated carbocycles. The van der Waals surface area contributed by atoms with Crippen LogP contribution in [0.3, 0.4) is 0 Å². The van der Waals surface area contributed by atoms with E-state index in [1.165, 1.54) is 0 Å². The van der Waals surface area contributed by atoms with Crippen LogP contribution in [0.2, 0.25) is 0 Å². The summed E-state index contributed by atoms with van der Waals surface area (Å²) in [6.07, 6.45) is 1.01. The molecule has 0 atom stereocenters. The number of ether oxygens (including phenoxy) is 1. The Bertz CT molecular complexity index is 15.9. The average molecular weight is 87.1 g/mol. The molecule has 36 valence electrons. The monoisotopic (exact) mass is 87.1 g/mol. The minimum atomic E-state index is 0.799. The van der Waals surface area contributed by atoms with Gasteiger partial charge in [-0.05, 0) is 13.8 Å². The van der Waals surface area contributed by atoms with E-state index in [4.69, 9.17) is 4.74 Å². The van der Waals surface area contributed by atoms with Crippen molar-refractivity contribution < 1.29 is 4.74 Å². The van der Waals surface area contributed by atoms with Crippen LogP contribution < -0.4 is 0 Å². The highest BCUT2D eigenvalue weighted by molar-refractivity contribution is 4.40. The summed E-state index contributed by atoms with van der Waals surface area (Å²) < 4.78 is 4.86. The van der Waals surface area contributed by atoms with Gasteiger partial charge in [-0.25, -0.2) is 0 Å². The molecule has 0 aliphatic heterocycles. The van der Waals surface area contributed by atoms with Gasteiger partial charge in [-0.15, -0.1) is 0 Å². The van der Waals surface area contributed by atoms with Gasteiger partial charge >= 0.3 is 0 Å². The molecule has 1 nitrogen and oxygen atoms in total. The minimum Gasteiger partial charge on any atom is -0.197 e. The first-order valence-electron chi connectivity index (χ1n) is 2.35. The van der Waals surface area contributed by atoms with Crippen molar-refractivity contribution in [3.8, 4) is 0 Å². The molecule has 0 amide bonds. The van der Waals surface area contributed by atoms with Gasteiger partial charge in [-0.2, -0.15) is 4.74 Å². The van der Waals surface area contributed by atoms with E-state index in [-0.39, 0.29) is 0 Å². The van der Waals surface area contributed by atoms with Crippen LogP contribution in [0.15, 0.2) is 0 Å².